The smallest absolute Gasteiger partial charge is 0.0882 e. The molecule has 3 rings (SSSR count). The summed E-state index contributed by atoms with van der Waals surface area (Å²) in [6, 6.07) is 2.25. The summed E-state index contributed by atoms with van der Waals surface area (Å²) in [5, 5.41) is 10.1. The maximum absolute atomic E-state index is 10.1. The highest BCUT2D eigenvalue weighted by atomic mass is 32.1. The van der Waals surface area contributed by atoms with Crippen LogP contribution in [0.5, 0.6) is 0 Å². The first-order valence-corrected chi connectivity index (χ1v) is 6.94. The van der Waals surface area contributed by atoms with Gasteiger partial charge in [0.2, 0.25) is 0 Å². The molecule has 0 spiro atoms. The average molecular weight is 222 g/mol. The maximum atomic E-state index is 10.1. The Morgan fingerprint density at radius 2 is 2.27 bits per heavy atom. The fourth-order valence-electron chi connectivity index (χ4n) is 2.46. The van der Waals surface area contributed by atoms with E-state index in [4.69, 9.17) is 0 Å². The van der Waals surface area contributed by atoms with Crippen LogP contribution in [-0.4, -0.2) is 5.11 Å². The van der Waals surface area contributed by atoms with Crippen LogP contribution in [0.1, 0.15) is 53.5 Å². The quantitative estimate of drug-likeness (QED) is 0.827. The largest absolute Gasteiger partial charge is 0.388 e. The summed E-state index contributed by atoms with van der Waals surface area (Å²) < 4.78 is 0. The number of fused-ring (bicyclic) bond motifs is 1. The lowest BCUT2D eigenvalue weighted by Gasteiger charge is -2.07. The van der Waals surface area contributed by atoms with Gasteiger partial charge in [0.25, 0.3) is 0 Å². The van der Waals surface area contributed by atoms with Gasteiger partial charge in [-0.1, -0.05) is 12.8 Å². The Bertz CT molecular complexity index is 330. The van der Waals surface area contributed by atoms with E-state index in [2.05, 4.69) is 6.07 Å². The maximum Gasteiger partial charge on any atom is 0.0882 e. The summed E-state index contributed by atoms with van der Waals surface area (Å²) in [5.74, 6) is 0.937. The molecule has 1 atom stereocenters. The molecule has 0 saturated heterocycles. The molecule has 0 bridgehead atoms. The van der Waals surface area contributed by atoms with Crippen molar-refractivity contribution in [1.82, 2.24) is 0 Å². The fraction of sp³-hybridized carbons (Fsp3) is 0.692. The van der Waals surface area contributed by atoms with Crippen molar-refractivity contribution in [1.29, 1.82) is 0 Å². The molecule has 1 aromatic heterocycles. The minimum absolute atomic E-state index is 0.179. The fourth-order valence-corrected chi connectivity index (χ4v) is 3.74. The molecule has 0 radical (unpaired) electrons. The first-order chi connectivity index (χ1) is 7.33. The molecule has 2 heteroatoms. The molecule has 1 nitrogen and oxygen atoms in total. The summed E-state index contributed by atoms with van der Waals surface area (Å²) in [7, 11) is 0. The van der Waals surface area contributed by atoms with Crippen molar-refractivity contribution in [3.05, 3.63) is 21.4 Å². The van der Waals surface area contributed by atoms with Crippen molar-refractivity contribution < 1.29 is 5.11 Å². The van der Waals surface area contributed by atoms with Crippen LogP contribution in [-0.2, 0) is 12.8 Å². The van der Waals surface area contributed by atoms with E-state index in [1.807, 2.05) is 11.3 Å². The summed E-state index contributed by atoms with van der Waals surface area (Å²) in [4.78, 5) is 2.76. The number of hydrogen-bond donors (Lipinski definition) is 1. The first-order valence-electron chi connectivity index (χ1n) is 6.12. The second-order valence-corrected chi connectivity index (χ2v) is 6.16. The second kappa shape index (κ2) is 3.91. The SMILES string of the molecule is OC(CCC1CC1)c1cc2c(s1)CCC2. The van der Waals surface area contributed by atoms with E-state index in [0.717, 1.165) is 12.3 Å². The molecular formula is C13H18OS. The van der Waals surface area contributed by atoms with Crippen LogP contribution in [0.2, 0.25) is 0 Å². The lowest BCUT2D eigenvalue weighted by Crippen LogP contribution is -1.95. The van der Waals surface area contributed by atoms with Crippen molar-refractivity contribution >= 4 is 11.3 Å². The van der Waals surface area contributed by atoms with Crippen LogP contribution in [0.15, 0.2) is 6.07 Å². The van der Waals surface area contributed by atoms with Crippen LogP contribution in [0.25, 0.3) is 0 Å². The normalized spacial score (nSPS) is 21.7. The van der Waals surface area contributed by atoms with Crippen LogP contribution < -0.4 is 0 Å². The Hall–Kier alpha value is -0.340. The highest BCUT2D eigenvalue weighted by Gasteiger charge is 2.24. The Morgan fingerprint density at radius 1 is 1.40 bits per heavy atom. The Labute approximate surface area is 95.1 Å². The van der Waals surface area contributed by atoms with Crippen LogP contribution in [0.4, 0.5) is 0 Å². The Morgan fingerprint density at radius 3 is 3.00 bits per heavy atom. The van der Waals surface area contributed by atoms with Gasteiger partial charge in [-0.15, -0.1) is 11.3 Å². The minimum Gasteiger partial charge on any atom is -0.388 e. The topological polar surface area (TPSA) is 20.2 Å². The van der Waals surface area contributed by atoms with Gasteiger partial charge in [-0.05, 0) is 49.7 Å². The van der Waals surface area contributed by atoms with Crippen molar-refractivity contribution in [2.45, 2.75) is 51.0 Å². The third-order valence-corrected chi connectivity index (χ3v) is 4.98. The summed E-state index contributed by atoms with van der Waals surface area (Å²) >= 11 is 1.85. The summed E-state index contributed by atoms with van der Waals surface area (Å²) in [5.41, 5.74) is 1.51. The predicted molar refractivity (Wildman–Crippen MR) is 63.3 cm³/mol. The molecule has 82 valence electrons. The van der Waals surface area contributed by atoms with Gasteiger partial charge in [0.05, 0.1) is 6.10 Å². The molecule has 2 aliphatic rings. The van der Waals surface area contributed by atoms with Crippen LogP contribution in [0.3, 0.4) is 0 Å². The van der Waals surface area contributed by atoms with Gasteiger partial charge in [0, 0.05) is 9.75 Å². The van der Waals surface area contributed by atoms with Crippen molar-refractivity contribution in [3.8, 4) is 0 Å². The molecule has 1 heterocycles. The number of hydrogen-bond acceptors (Lipinski definition) is 2. The van der Waals surface area contributed by atoms with Gasteiger partial charge in [-0.2, -0.15) is 0 Å². The van der Waals surface area contributed by atoms with E-state index in [0.29, 0.717) is 0 Å². The molecule has 2 aliphatic carbocycles. The van der Waals surface area contributed by atoms with Gasteiger partial charge >= 0.3 is 0 Å². The van der Waals surface area contributed by atoms with E-state index in [9.17, 15) is 5.11 Å². The number of rotatable bonds is 4. The lowest BCUT2D eigenvalue weighted by atomic mass is 10.1. The lowest BCUT2D eigenvalue weighted by molar-refractivity contribution is 0.166. The molecule has 1 fully saturated rings. The number of thiophene rings is 1. The van der Waals surface area contributed by atoms with E-state index < -0.39 is 0 Å². The molecule has 1 saturated carbocycles. The van der Waals surface area contributed by atoms with E-state index >= 15 is 0 Å². The zero-order valence-corrected chi connectivity index (χ0v) is 9.85. The van der Waals surface area contributed by atoms with Crippen molar-refractivity contribution in [3.63, 3.8) is 0 Å². The standard InChI is InChI=1S/C13H18OS/c14-11(7-6-9-4-5-9)13-8-10-2-1-3-12(10)15-13/h8-9,11,14H,1-7H2. The van der Waals surface area contributed by atoms with Crippen LogP contribution >= 0.6 is 11.3 Å². The summed E-state index contributed by atoms with van der Waals surface area (Å²) in [6.07, 6.45) is 8.62. The van der Waals surface area contributed by atoms with Crippen LogP contribution in [0, 0.1) is 5.92 Å². The third kappa shape index (κ3) is 2.11. The van der Waals surface area contributed by atoms with Gasteiger partial charge in [0.15, 0.2) is 0 Å². The average Bonchev–Trinajstić information content (AvgIpc) is 2.79. The second-order valence-electron chi connectivity index (χ2n) is 4.99. The molecule has 1 aromatic rings. The number of aryl methyl sites for hydroxylation is 2. The van der Waals surface area contributed by atoms with Crippen molar-refractivity contribution in [2.24, 2.45) is 5.92 Å². The van der Waals surface area contributed by atoms with Gasteiger partial charge in [-0.25, -0.2) is 0 Å². The molecule has 1 N–H and O–H groups in total. The highest BCUT2D eigenvalue weighted by molar-refractivity contribution is 7.12. The molecule has 15 heavy (non-hydrogen) atoms. The van der Waals surface area contributed by atoms with Crippen molar-refractivity contribution in [2.75, 3.05) is 0 Å². The Kier molecular flexibility index (Phi) is 2.57. The number of aliphatic hydroxyl groups is 1. The monoisotopic (exact) mass is 222 g/mol. The van der Waals surface area contributed by atoms with Gasteiger partial charge in [0.1, 0.15) is 0 Å². The molecule has 0 aromatic carbocycles. The zero-order valence-electron chi connectivity index (χ0n) is 9.04. The molecular weight excluding hydrogens is 204 g/mol. The minimum atomic E-state index is -0.179. The first kappa shape index (κ1) is 9.86. The molecule has 1 unspecified atom stereocenters. The molecule has 0 amide bonds. The molecule has 0 aliphatic heterocycles. The predicted octanol–water partition coefficient (Wildman–Crippen LogP) is 3.46. The van der Waals surface area contributed by atoms with E-state index in [-0.39, 0.29) is 6.10 Å². The zero-order chi connectivity index (χ0) is 10.3. The Balaban J connectivity index is 1.63. The highest BCUT2D eigenvalue weighted by Crippen LogP contribution is 2.39. The van der Waals surface area contributed by atoms with Gasteiger partial charge < -0.3 is 5.11 Å². The summed E-state index contributed by atoms with van der Waals surface area (Å²) in [6.45, 7) is 0. The van der Waals surface area contributed by atoms with E-state index in [1.54, 1.807) is 0 Å². The van der Waals surface area contributed by atoms with Gasteiger partial charge in [-0.3, -0.25) is 0 Å². The third-order valence-electron chi connectivity index (χ3n) is 3.64. The van der Waals surface area contributed by atoms with E-state index in [1.165, 1.54) is 53.8 Å². The number of aliphatic hydroxyl groups excluding tert-OH is 1.